The minimum Gasteiger partial charge on any atom is -0.447 e. The molecular formula is C28H32N2O6S4. The van der Waals surface area contributed by atoms with Gasteiger partial charge in [0.1, 0.15) is 13.2 Å². The monoisotopic (exact) mass is 620 g/mol. The van der Waals surface area contributed by atoms with Crippen molar-refractivity contribution in [3.8, 4) is 0 Å². The molecule has 0 bridgehead atoms. The molecule has 0 atom stereocenters. The molecule has 214 valence electrons. The van der Waals surface area contributed by atoms with Crippen LogP contribution in [0.2, 0.25) is 0 Å². The molecule has 12 heteroatoms. The van der Waals surface area contributed by atoms with Gasteiger partial charge in [0.25, 0.3) is 0 Å². The number of nitrogens with zero attached hydrogens (tertiary/aromatic N) is 2. The molecule has 0 fully saturated rings. The Morgan fingerprint density at radius 3 is 1.07 bits per heavy atom. The molecule has 0 saturated carbocycles. The van der Waals surface area contributed by atoms with Crippen molar-refractivity contribution in [3.05, 3.63) is 89.6 Å². The third-order valence-electron chi connectivity index (χ3n) is 5.50. The number of rotatable bonds is 17. The molecule has 4 aromatic rings. The summed E-state index contributed by atoms with van der Waals surface area (Å²) in [6.07, 6.45) is -0.730. The first-order chi connectivity index (χ1) is 19.7. The highest BCUT2D eigenvalue weighted by Crippen LogP contribution is 2.19. The molecule has 4 aromatic heterocycles. The van der Waals surface area contributed by atoms with E-state index in [0.717, 1.165) is 19.5 Å². The number of amides is 2. The molecule has 0 unspecified atom stereocenters. The number of ether oxygens (including phenoxy) is 4. The van der Waals surface area contributed by atoms with Gasteiger partial charge in [-0.25, -0.2) is 9.59 Å². The molecule has 8 nitrogen and oxygen atoms in total. The summed E-state index contributed by atoms with van der Waals surface area (Å²) in [5, 5.41) is 7.99. The summed E-state index contributed by atoms with van der Waals surface area (Å²) in [4.78, 5) is 33.1. The standard InChI is InChI=1S/C28H32N2O6S4/c31-27(29(19-23-5-1-15-37-23)20-24-6-2-16-38-24)35-13-11-33-9-10-34-12-14-36-28(32)30(21-25-7-3-17-39-25)22-26-8-4-18-40-26/h1-8,15-18H,9-14,19-22H2. The van der Waals surface area contributed by atoms with E-state index in [2.05, 4.69) is 0 Å². The predicted molar refractivity (Wildman–Crippen MR) is 160 cm³/mol. The largest absolute Gasteiger partial charge is 0.447 e. The van der Waals surface area contributed by atoms with Crippen molar-refractivity contribution >= 4 is 57.5 Å². The fraction of sp³-hybridized carbons (Fsp3) is 0.357. The Kier molecular flexibility index (Phi) is 13.0. The van der Waals surface area contributed by atoms with E-state index in [9.17, 15) is 9.59 Å². The molecule has 0 aliphatic heterocycles. The van der Waals surface area contributed by atoms with Crippen LogP contribution in [-0.2, 0) is 45.1 Å². The van der Waals surface area contributed by atoms with Gasteiger partial charge in [0.05, 0.1) is 52.6 Å². The van der Waals surface area contributed by atoms with Gasteiger partial charge < -0.3 is 18.9 Å². The van der Waals surface area contributed by atoms with Crippen LogP contribution in [0.15, 0.2) is 70.1 Å². The smallest absolute Gasteiger partial charge is 0.410 e. The average molecular weight is 621 g/mol. The summed E-state index contributed by atoms with van der Waals surface area (Å²) in [5.41, 5.74) is 0. The number of thiophene rings is 4. The van der Waals surface area contributed by atoms with Crippen molar-refractivity contribution in [1.82, 2.24) is 9.80 Å². The lowest BCUT2D eigenvalue weighted by molar-refractivity contribution is 0.00750. The zero-order valence-corrected chi connectivity index (χ0v) is 25.2. The van der Waals surface area contributed by atoms with Gasteiger partial charge in [0, 0.05) is 19.5 Å². The summed E-state index contributed by atoms with van der Waals surface area (Å²) < 4.78 is 21.9. The van der Waals surface area contributed by atoms with E-state index in [1.807, 2.05) is 70.1 Å². The predicted octanol–water partition coefficient (Wildman–Crippen LogP) is 6.94. The van der Waals surface area contributed by atoms with E-state index >= 15 is 0 Å². The SMILES string of the molecule is O=C(OCCOCCOCCOC(=O)N(Cc1cccs1)Cc1cccs1)N(Cc1cccs1)Cc1cccs1. The summed E-state index contributed by atoms with van der Waals surface area (Å²) in [5.74, 6) is 0. The molecule has 0 spiro atoms. The van der Waals surface area contributed by atoms with E-state index < -0.39 is 0 Å². The van der Waals surface area contributed by atoms with Gasteiger partial charge in [0.15, 0.2) is 0 Å². The summed E-state index contributed by atoms with van der Waals surface area (Å²) in [7, 11) is 0. The van der Waals surface area contributed by atoms with Crippen LogP contribution >= 0.6 is 45.3 Å². The van der Waals surface area contributed by atoms with Gasteiger partial charge in [-0.3, -0.25) is 9.80 Å². The minimum atomic E-state index is -0.365. The second-order valence-electron chi connectivity index (χ2n) is 8.48. The molecule has 0 radical (unpaired) electrons. The maximum atomic E-state index is 12.7. The number of hydrogen-bond acceptors (Lipinski definition) is 10. The maximum absolute atomic E-state index is 12.7. The van der Waals surface area contributed by atoms with Gasteiger partial charge in [-0.1, -0.05) is 24.3 Å². The van der Waals surface area contributed by atoms with Gasteiger partial charge in [-0.05, 0) is 45.8 Å². The third-order valence-corrected chi connectivity index (χ3v) is 8.95. The lowest BCUT2D eigenvalue weighted by atomic mass is 10.4. The fourth-order valence-electron chi connectivity index (χ4n) is 3.61. The normalized spacial score (nSPS) is 10.9. The second kappa shape index (κ2) is 17.2. The van der Waals surface area contributed by atoms with Gasteiger partial charge >= 0.3 is 12.2 Å². The minimum absolute atomic E-state index is 0.159. The van der Waals surface area contributed by atoms with Crippen LogP contribution in [0, 0.1) is 0 Å². The van der Waals surface area contributed by atoms with Crippen molar-refractivity contribution in [1.29, 1.82) is 0 Å². The molecule has 4 heterocycles. The zero-order valence-electron chi connectivity index (χ0n) is 22.0. The summed E-state index contributed by atoms with van der Waals surface area (Å²) >= 11 is 6.46. The van der Waals surface area contributed by atoms with Crippen LogP contribution in [0.5, 0.6) is 0 Å². The van der Waals surface area contributed by atoms with Crippen LogP contribution in [-0.4, -0.2) is 61.6 Å². The molecule has 0 aromatic carbocycles. The Bertz CT molecular complexity index is 1050. The van der Waals surface area contributed by atoms with Gasteiger partial charge in [0.2, 0.25) is 0 Å². The van der Waals surface area contributed by atoms with Gasteiger partial charge in [-0.15, -0.1) is 45.3 Å². The first-order valence-corrected chi connectivity index (χ1v) is 16.3. The van der Waals surface area contributed by atoms with Crippen molar-refractivity contribution in [2.45, 2.75) is 26.2 Å². The average Bonchev–Trinajstić information content (AvgIpc) is 3.78. The zero-order chi connectivity index (χ0) is 27.8. The van der Waals surface area contributed by atoms with Gasteiger partial charge in [-0.2, -0.15) is 0 Å². The number of carbonyl (C=O) groups is 2. The molecule has 0 aliphatic rings. The highest BCUT2D eigenvalue weighted by atomic mass is 32.1. The highest BCUT2D eigenvalue weighted by Gasteiger charge is 2.18. The van der Waals surface area contributed by atoms with Crippen molar-refractivity contribution in [3.63, 3.8) is 0 Å². The van der Waals surface area contributed by atoms with Crippen LogP contribution in [0.1, 0.15) is 19.5 Å². The Morgan fingerprint density at radius 1 is 0.500 bits per heavy atom. The van der Waals surface area contributed by atoms with Crippen molar-refractivity contribution in [2.75, 3.05) is 39.6 Å². The van der Waals surface area contributed by atoms with Crippen LogP contribution in [0.4, 0.5) is 9.59 Å². The molecule has 0 aliphatic carbocycles. The number of carbonyl (C=O) groups excluding carboxylic acids is 2. The molecule has 0 N–H and O–H groups in total. The molecule has 2 amide bonds. The Balaban J connectivity index is 1.06. The van der Waals surface area contributed by atoms with Crippen LogP contribution in [0.25, 0.3) is 0 Å². The Morgan fingerprint density at radius 2 is 0.800 bits per heavy atom. The quantitative estimate of drug-likeness (QED) is 0.119. The molecule has 40 heavy (non-hydrogen) atoms. The second-order valence-corrected chi connectivity index (χ2v) is 12.6. The topological polar surface area (TPSA) is 77.5 Å². The fourth-order valence-corrected chi connectivity index (χ4v) is 6.49. The van der Waals surface area contributed by atoms with E-state index in [4.69, 9.17) is 18.9 Å². The lowest BCUT2D eigenvalue weighted by Crippen LogP contribution is -2.31. The van der Waals surface area contributed by atoms with E-state index in [1.165, 1.54) is 0 Å². The van der Waals surface area contributed by atoms with Crippen molar-refractivity contribution in [2.24, 2.45) is 0 Å². The first-order valence-electron chi connectivity index (χ1n) is 12.8. The lowest BCUT2D eigenvalue weighted by Gasteiger charge is -2.21. The molecular weight excluding hydrogens is 589 g/mol. The molecule has 0 saturated heterocycles. The van der Waals surface area contributed by atoms with Crippen molar-refractivity contribution < 1.29 is 28.5 Å². The summed E-state index contributed by atoms with van der Waals surface area (Å²) in [6.45, 7) is 3.60. The van der Waals surface area contributed by atoms with Crippen LogP contribution < -0.4 is 0 Å². The Hall–Kier alpha value is -2.74. The van der Waals surface area contributed by atoms with Crippen LogP contribution in [0.3, 0.4) is 0 Å². The number of hydrogen-bond donors (Lipinski definition) is 0. The third kappa shape index (κ3) is 10.7. The van der Waals surface area contributed by atoms with E-state index in [0.29, 0.717) is 39.4 Å². The first kappa shape index (κ1) is 30.2. The van der Waals surface area contributed by atoms with E-state index in [1.54, 1.807) is 55.1 Å². The van der Waals surface area contributed by atoms with E-state index in [-0.39, 0.29) is 38.6 Å². The Labute approximate surface area is 250 Å². The molecule has 4 rings (SSSR count). The summed E-state index contributed by atoms with van der Waals surface area (Å²) in [6, 6.07) is 15.9. The highest BCUT2D eigenvalue weighted by molar-refractivity contribution is 7.10. The maximum Gasteiger partial charge on any atom is 0.410 e.